The molecule has 0 radical (unpaired) electrons. The van der Waals surface area contributed by atoms with E-state index in [-0.39, 0.29) is 0 Å². The average molecular weight is 131 g/mol. The number of rotatable bonds is 0. The zero-order valence-electron chi connectivity index (χ0n) is 5.96. The highest BCUT2D eigenvalue weighted by Gasteiger charge is 1.79. The van der Waals surface area contributed by atoms with Gasteiger partial charge in [0.2, 0.25) is 0 Å². The van der Waals surface area contributed by atoms with Gasteiger partial charge < -0.3 is 0 Å². The van der Waals surface area contributed by atoms with Gasteiger partial charge in [-0.25, -0.2) is 0 Å². The second-order valence-corrected chi connectivity index (χ2v) is 1.89. The summed E-state index contributed by atoms with van der Waals surface area (Å²) in [5.41, 5.74) is 1.04. The maximum Gasteiger partial charge on any atom is 0.0280 e. The maximum atomic E-state index is 3.89. The highest BCUT2D eigenvalue weighted by molar-refractivity contribution is 5.31. The van der Waals surface area contributed by atoms with E-state index >= 15 is 0 Å². The molecule has 50 valence electrons. The monoisotopic (exact) mass is 131 g/mol. The third-order valence-corrected chi connectivity index (χ3v) is 1.09. The van der Waals surface area contributed by atoms with Crippen molar-refractivity contribution in [2.75, 3.05) is 0 Å². The van der Waals surface area contributed by atoms with E-state index in [0.29, 0.717) is 0 Å². The molecule has 0 aromatic carbocycles. The highest BCUT2D eigenvalue weighted by atomic mass is 14.6. The van der Waals surface area contributed by atoms with Crippen LogP contribution in [0.2, 0.25) is 0 Å². The molecular weight excluding hydrogens is 122 g/mol. The zero-order valence-corrected chi connectivity index (χ0v) is 5.96. The predicted octanol–water partition coefficient (Wildman–Crippen LogP) is 1.84. The Bertz CT molecular complexity index is 240. The first-order chi connectivity index (χ1) is 4.93. The van der Waals surface area contributed by atoms with E-state index in [1.54, 1.807) is 12.4 Å². The van der Waals surface area contributed by atoms with Crippen LogP contribution in [0.15, 0.2) is 24.5 Å². The molecule has 0 saturated carbocycles. The zero-order chi connectivity index (χ0) is 7.23. The Morgan fingerprint density at radius 3 is 2.70 bits per heavy atom. The topological polar surface area (TPSA) is 12.9 Å². The van der Waals surface area contributed by atoms with Gasteiger partial charge in [0.1, 0.15) is 0 Å². The van der Waals surface area contributed by atoms with Crippen molar-refractivity contribution in [3.63, 3.8) is 0 Å². The lowest BCUT2D eigenvalue weighted by atomic mass is 10.3. The number of hydrogen-bond donors (Lipinski definition) is 0. The highest BCUT2D eigenvalue weighted by Crippen LogP contribution is 1.91. The van der Waals surface area contributed by atoms with Crippen molar-refractivity contribution in [1.82, 2.24) is 4.98 Å². The van der Waals surface area contributed by atoms with Gasteiger partial charge in [-0.3, -0.25) is 4.98 Å². The van der Waals surface area contributed by atoms with E-state index < -0.39 is 0 Å². The van der Waals surface area contributed by atoms with Gasteiger partial charge in [0, 0.05) is 24.4 Å². The van der Waals surface area contributed by atoms with E-state index in [1.807, 2.05) is 19.1 Å². The molecule has 0 atom stereocenters. The Labute approximate surface area is 61.1 Å². The smallest absolute Gasteiger partial charge is 0.0280 e. The van der Waals surface area contributed by atoms with Crippen LogP contribution in [0.1, 0.15) is 18.9 Å². The molecule has 0 bridgehead atoms. The van der Waals surface area contributed by atoms with Crippen LogP contribution in [-0.2, 0) is 0 Å². The molecule has 0 unspecified atom stereocenters. The van der Waals surface area contributed by atoms with Crippen LogP contribution in [0.3, 0.4) is 0 Å². The lowest BCUT2D eigenvalue weighted by Gasteiger charge is -1.83. The van der Waals surface area contributed by atoms with Crippen molar-refractivity contribution in [3.8, 4) is 11.8 Å². The number of nitrogens with zero attached hydrogens (tertiary/aromatic N) is 1. The fraction of sp³-hybridized carbons (Fsp3) is 0.222. The summed E-state index contributed by atoms with van der Waals surface area (Å²) in [7, 11) is 0. The first kappa shape index (κ1) is 6.82. The Morgan fingerprint density at radius 1 is 1.40 bits per heavy atom. The third-order valence-electron chi connectivity index (χ3n) is 1.09. The Morgan fingerprint density at radius 2 is 2.10 bits per heavy atom. The van der Waals surface area contributed by atoms with Crippen LogP contribution in [0.25, 0.3) is 0 Å². The second kappa shape index (κ2) is 3.68. The predicted molar refractivity (Wildman–Crippen MR) is 41.4 cm³/mol. The molecule has 0 amide bonds. The van der Waals surface area contributed by atoms with Crippen LogP contribution in [0.5, 0.6) is 0 Å². The number of pyridine rings is 1. The summed E-state index contributed by atoms with van der Waals surface area (Å²) in [4.78, 5) is 3.89. The van der Waals surface area contributed by atoms with E-state index in [9.17, 15) is 0 Å². The molecule has 0 aliphatic rings. The number of hydrogen-bond acceptors (Lipinski definition) is 1. The summed E-state index contributed by atoms with van der Waals surface area (Å²) in [6, 6.07) is 3.81. The largest absolute Gasteiger partial charge is 0.265 e. The summed E-state index contributed by atoms with van der Waals surface area (Å²) in [6.07, 6.45) is 4.40. The van der Waals surface area contributed by atoms with Gasteiger partial charge in [0.15, 0.2) is 0 Å². The minimum Gasteiger partial charge on any atom is -0.265 e. The van der Waals surface area contributed by atoms with Gasteiger partial charge in [-0.15, -0.1) is 0 Å². The number of aromatic nitrogens is 1. The molecule has 1 nitrogen and oxygen atoms in total. The molecule has 0 N–H and O–H groups in total. The molecule has 1 heteroatoms. The first-order valence-electron chi connectivity index (χ1n) is 3.32. The molecule has 1 heterocycles. The summed E-state index contributed by atoms with van der Waals surface area (Å²) < 4.78 is 0. The van der Waals surface area contributed by atoms with E-state index in [2.05, 4.69) is 16.8 Å². The van der Waals surface area contributed by atoms with E-state index in [0.717, 1.165) is 12.0 Å². The van der Waals surface area contributed by atoms with Gasteiger partial charge in [0.25, 0.3) is 0 Å². The second-order valence-electron chi connectivity index (χ2n) is 1.89. The fourth-order valence-electron chi connectivity index (χ4n) is 0.626. The van der Waals surface area contributed by atoms with Crippen molar-refractivity contribution < 1.29 is 0 Å². The quantitative estimate of drug-likeness (QED) is 0.489. The van der Waals surface area contributed by atoms with Crippen LogP contribution in [-0.4, -0.2) is 4.98 Å². The van der Waals surface area contributed by atoms with Gasteiger partial charge in [-0.1, -0.05) is 18.8 Å². The van der Waals surface area contributed by atoms with E-state index in [4.69, 9.17) is 0 Å². The normalized spacial score (nSPS) is 8.10. The molecular formula is C9H9N. The third kappa shape index (κ3) is 1.91. The molecule has 1 rings (SSSR count). The van der Waals surface area contributed by atoms with Crippen molar-refractivity contribution in [2.24, 2.45) is 0 Å². The summed E-state index contributed by atoms with van der Waals surface area (Å²) in [5, 5.41) is 0. The molecule has 0 spiro atoms. The van der Waals surface area contributed by atoms with Gasteiger partial charge in [-0.05, 0) is 12.1 Å². The van der Waals surface area contributed by atoms with Crippen LogP contribution >= 0.6 is 0 Å². The molecule has 1 aromatic heterocycles. The molecule has 0 aliphatic heterocycles. The molecule has 1 aromatic rings. The van der Waals surface area contributed by atoms with Gasteiger partial charge >= 0.3 is 0 Å². The SMILES string of the molecule is CCC#Cc1ccncc1. The Kier molecular flexibility index (Phi) is 2.51. The van der Waals surface area contributed by atoms with Gasteiger partial charge in [0.05, 0.1) is 0 Å². The molecule has 10 heavy (non-hydrogen) atoms. The standard InChI is InChI=1S/C9H9N/c1-2-3-4-9-5-7-10-8-6-9/h5-8H,2H2,1H3. The summed E-state index contributed by atoms with van der Waals surface area (Å²) in [6.45, 7) is 2.04. The van der Waals surface area contributed by atoms with Crippen LogP contribution in [0.4, 0.5) is 0 Å². The Hall–Kier alpha value is -1.29. The lowest BCUT2D eigenvalue weighted by molar-refractivity contribution is 1.27. The van der Waals surface area contributed by atoms with Crippen molar-refractivity contribution >= 4 is 0 Å². The fourth-order valence-corrected chi connectivity index (χ4v) is 0.626. The van der Waals surface area contributed by atoms with Crippen molar-refractivity contribution in [3.05, 3.63) is 30.1 Å². The van der Waals surface area contributed by atoms with Crippen molar-refractivity contribution in [2.45, 2.75) is 13.3 Å². The average Bonchev–Trinajstić information content (AvgIpc) is 2.03. The summed E-state index contributed by atoms with van der Waals surface area (Å²) >= 11 is 0. The minimum absolute atomic E-state index is 0.905. The Balaban J connectivity index is 2.76. The molecule has 0 aliphatic carbocycles. The molecule has 0 fully saturated rings. The van der Waals surface area contributed by atoms with Crippen LogP contribution < -0.4 is 0 Å². The minimum atomic E-state index is 0.905. The first-order valence-corrected chi connectivity index (χ1v) is 3.32. The molecule has 0 saturated heterocycles. The lowest BCUT2D eigenvalue weighted by Crippen LogP contribution is -1.72. The maximum absolute atomic E-state index is 3.89. The van der Waals surface area contributed by atoms with E-state index in [1.165, 1.54) is 0 Å². The van der Waals surface area contributed by atoms with Gasteiger partial charge in [-0.2, -0.15) is 0 Å². The van der Waals surface area contributed by atoms with Crippen molar-refractivity contribution in [1.29, 1.82) is 0 Å². The van der Waals surface area contributed by atoms with Crippen LogP contribution in [0, 0.1) is 11.8 Å². The summed E-state index contributed by atoms with van der Waals surface area (Å²) in [5.74, 6) is 5.99.